The second kappa shape index (κ2) is 2.76. The summed E-state index contributed by atoms with van der Waals surface area (Å²) < 4.78 is 13.0. The van der Waals surface area contributed by atoms with Crippen LogP contribution in [-0.2, 0) is 16.2 Å². The maximum absolute atomic E-state index is 10.6. The van der Waals surface area contributed by atoms with E-state index in [9.17, 15) is 9.35 Å². The average Bonchev–Trinajstić information content (AvgIpc) is 1.88. The lowest BCUT2D eigenvalue weighted by Crippen LogP contribution is -2.19. The molecule has 1 unspecified atom stereocenters. The van der Waals surface area contributed by atoms with E-state index < -0.39 is 17.3 Å². The number of aliphatic carboxylic acids is 1. The van der Waals surface area contributed by atoms with E-state index >= 15 is 0 Å². The van der Waals surface area contributed by atoms with Gasteiger partial charge in [-0.1, -0.05) is 0 Å². The third kappa shape index (κ3) is 1.52. The molecule has 1 atom stereocenters. The average molecular weight is 159 g/mol. The molecule has 0 saturated carbocycles. The lowest BCUT2D eigenvalue weighted by molar-refractivity contribution is -0.132. The van der Waals surface area contributed by atoms with Crippen LogP contribution in [0.5, 0.6) is 0 Å². The van der Waals surface area contributed by atoms with Crippen LogP contribution in [0, 0.1) is 0 Å². The highest BCUT2D eigenvalue weighted by Gasteiger charge is 2.12. The normalized spacial score (nSPS) is 23.3. The van der Waals surface area contributed by atoms with E-state index in [1.807, 2.05) is 0 Å². The van der Waals surface area contributed by atoms with Gasteiger partial charge in [0.1, 0.15) is 5.57 Å². The maximum Gasteiger partial charge on any atom is 0.340 e. The zero-order chi connectivity index (χ0) is 7.56. The van der Waals surface area contributed by atoms with Gasteiger partial charge in [0.05, 0.1) is 11.4 Å². The summed E-state index contributed by atoms with van der Waals surface area (Å²) in [5.74, 6) is -1.06. The fraction of sp³-hybridized carbons (Fsp3) is 0. The van der Waals surface area contributed by atoms with Crippen LogP contribution in [0.15, 0.2) is 23.3 Å². The molecule has 0 aromatic rings. The molecule has 0 spiro atoms. The van der Waals surface area contributed by atoms with E-state index in [2.05, 4.69) is 4.72 Å². The van der Waals surface area contributed by atoms with Gasteiger partial charge < -0.3 is 9.66 Å². The van der Waals surface area contributed by atoms with Crippen LogP contribution in [0.3, 0.4) is 0 Å². The van der Waals surface area contributed by atoms with Gasteiger partial charge in [-0.25, -0.2) is 9.52 Å². The van der Waals surface area contributed by atoms with Gasteiger partial charge in [0.25, 0.3) is 0 Å². The number of rotatable bonds is 1. The highest BCUT2D eigenvalue weighted by molar-refractivity contribution is 7.92. The van der Waals surface area contributed by atoms with Crippen molar-refractivity contribution in [2.45, 2.75) is 0 Å². The Kier molecular flexibility index (Phi) is 1.98. The zero-order valence-corrected chi connectivity index (χ0v) is 5.72. The number of carbonyl (C=O) groups is 1. The van der Waals surface area contributed by atoms with Crippen molar-refractivity contribution in [2.75, 3.05) is 0 Å². The van der Waals surface area contributed by atoms with Crippen LogP contribution >= 0.6 is 0 Å². The third-order valence-corrected chi connectivity index (χ3v) is 1.76. The molecule has 2 N–H and O–H groups in total. The fourth-order valence-corrected chi connectivity index (χ4v) is 1.18. The number of hydrogen-bond acceptors (Lipinski definition) is 3. The number of hydrogen-bond donors (Lipinski definition) is 2. The monoisotopic (exact) mass is 159 g/mol. The minimum absolute atomic E-state index is 0.0529. The summed E-state index contributed by atoms with van der Waals surface area (Å²) in [5.41, 5.74) is 0.0529. The summed E-state index contributed by atoms with van der Waals surface area (Å²) >= 11 is -1.37. The minimum atomic E-state index is -1.37. The standard InChI is InChI=1S/C5H5NO3S/c7-5(8)4-1-2-6-10(9)3-4/h1-3,6H,(H,7,8). The smallest absolute Gasteiger partial charge is 0.340 e. The molecular formula is C5H5NO3S. The molecule has 0 bridgehead atoms. The minimum Gasteiger partial charge on any atom is -0.588 e. The molecule has 0 aliphatic carbocycles. The molecule has 4 nitrogen and oxygen atoms in total. The zero-order valence-electron chi connectivity index (χ0n) is 4.90. The van der Waals surface area contributed by atoms with Crippen molar-refractivity contribution in [1.29, 1.82) is 0 Å². The Bertz CT molecular complexity index is 211. The second-order valence-electron chi connectivity index (χ2n) is 1.63. The van der Waals surface area contributed by atoms with Crippen molar-refractivity contribution in [3.8, 4) is 0 Å². The topological polar surface area (TPSA) is 72.4 Å². The Balaban J connectivity index is 2.76. The molecule has 54 valence electrons. The van der Waals surface area contributed by atoms with E-state index in [-0.39, 0.29) is 5.57 Å². The predicted molar refractivity (Wildman–Crippen MR) is 36.1 cm³/mol. The highest BCUT2D eigenvalue weighted by Crippen LogP contribution is 2.05. The van der Waals surface area contributed by atoms with Crippen LogP contribution in [0.25, 0.3) is 0 Å². The van der Waals surface area contributed by atoms with Crippen molar-refractivity contribution >= 4 is 17.3 Å². The van der Waals surface area contributed by atoms with E-state index in [0.717, 1.165) is 5.41 Å². The Hall–Kier alpha value is -0.940. The summed E-state index contributed by atoms with van der Waals surface area (Å²) in [6, 6.07) is 0. The summed E-state index contributed by atoms with van der Waals surface area (Å²) in [6.45, 7) is 0. The number of carboxylic acids is 1. The molecule has 1 aliphatic heterocycles. The molecule has 0 aromatic heterocycles. The molecular weight excluding hydrogens is 154 g/mol. The van der Waals surface area contributed by atoms with E-state index in [0.29, 0.717) is 0 Å². The molecule has 0 saturated heterocycles. The molecule has 1 aliphatic rings. The largest absolute Gasteiger partial charge is 0.588 e. The van der Waals surface area contributed by atoms with Crippen LogP contribution in [0.2, 0.25) is 0 Å². The van der Waals surface area contributed by atoms with Gasteiger partial charge in [-0.3, -0.25) is 0 Å². The van der Waals surface area contributed by atoms with E-state index in [4.69, 9.17) is 5.11 Å². The quantitative estimate of drug-likeness (QED) is 0.517. The summed E-state index contributed by atoms with van der Waals surface area (Å²) in [7, 11) is 0. The van der Waals surface area contributed by atoms with Crippen LogP contribution in [-0.4, -0.2) is 15.6 Å². The summed E-state index contributed by atoms with van der Waals surface area (Å²) in [6.07, 6.45) is 2.70. The highest BCUT2D eigenvalue weighted by atomic mass is 32.2. The molecule has 1 rings (SSSR count). The molecule has 0 fully saturated rings. The van der Waals surface area contributed by atoms with Gasteiger partial charge in [0.2, 0.25) is 0 Å². The SMILES string of the molecule is O=C(O)C1=C[S+]([O-])NC=C1. The van der Waals surface area contributed by atoms with E-state index in [1.165, 1.54) is 12.3 Å². The van der Waals surface area contributed by atoms with Crippen molar-refractivity contribution < 1.29 is 14.5 Å². The van der Waals surface area contributed by atoms with Crippen LogP contribution < -0.4 is 4.72 Å². The van der Waals surface area contributed by atoms with Crippen LogP contribution in [0.4, 0.5) is 0 Å². The van der Waals surface area contributed by atoms with Gasteiger partial charge >= 0.3 is 5.97 Å². The Morgan fingerprint density at radius 3 is 2.90 bits per heavy atom. The van der Waals surface area contributed by atoms with Crippen molar-refractivity contribution in [3.05, 3.63) is 23.3 Å². The molecule has 0 aromatic carbocycles. The maximum atomic E-state index is 10.6. The first kappa shape index (κ1) is 7.17. The van der Waals surface area contributed by atoms with Gasteiger partial charge in [-0.2, -0.15) is 0 Å². The molecule has 1 heterocycles. The molecule has 0 amide bonds. The lowest BCUT2D eigenvalue weighted by Gasteiger charge is -2.07. The molecule has 0 radical (unpaired) electrons. The number of nitrogens with one attached hydrogen (secondary N) is 1. The van der Waals surface area contributed by atoms with E-state index in [1.54, 1.807) is 0 Å². The fourth-order valence-electron chi connectivity index (χ4n) is 0.501. The van der Waals surface area contributed by atoms with Gasteiger partial charge in [0.15, 0.2) is 5.41 Å². The Morgan fingerprint density at radius 2 is 2.50 bits per heavy atom. The van der Waals surface area contributed by atoms with Gasteiger partial charge in [-0.15, -0.1) is 0 Å². The predicted octanol–water partition coefficient (Wildman–Crippen LogP) is -0.264. The summed E-state index contributed by atoms with van der Waals surface area (Å²) in [5, 5.41) is 9.52. The summed E-state index contributed by atoms with van der Waals surface area (Å²) in [4.78, 5) is 10.2. The Labute approximate surface area is 60.5 Å². The van der Waals surface area contributed by atoms with Crippen LogP contribution in [0.1, 0.15) is 0 Å². The first-order valence-electron chi connectivity index (χ1n) is 2.48. The second-order valence-corrected chi connectivity index (χ2v) is 2.69. The third-order valence-electron chi connectivity index (χ3n) is 0.928. The van der Waals surface area contributed by atoms with Gasteiger partial charge in [-0.05, 0) is 6.08 Å². The Morgan fingerprint density at radius 1 is 1.80 bits per heavy atom. The van der Waals surface area contributed by atoms with Crippen molar-refractivity contribution in [2.24, 2.45) is 0 Å². The lowest BCUT2D eigenvalue weighted by atomic mass is 10.3. The number of carboxylic acid groups (broad SMARTS) is 1. The molecule has 5 heteroatoms. The van der Waals surface area contributed by atoms with Crippen molar-refractivity contribution in [1.82, 2.24) is 4.72 Å². The molecule has 10 heavy (non-hydrogen) atoms. The van der Waals surface area contributed by atoms with Crippen molar-refractivity contribution in [3.63, 3.8) is 0 Å². The first-order valence-corrected chi connectivity index (χ1v) is 3.70. The van der Waals surface area contributed by atoms with Gasteiger partial charge in [0, 0.05) is 6.20 Å². The first-order chi connectivity index (χ1) is 4.70.